The van der Waals surface area contributed by atoms with E-state index in [2.05, 4.69) is 20.4 Å². The third-order valence-corrected chi connectivity index (χ3v) is 4.37. The molecule has 0 unspecified atom stereocenters. The van der Waals surface area contributed by atoms with E-state index < -0.39 is 0 Å². The maximum atomic E-state index is 12.3. The number of nitrogens with zero attached hydrogens (tertiary/aromatic N) is 4. The highest BCUT2D eigenvalue weighted by Gasteiger charge is 2.33. The number of hydrogen-bond donors (Lipinski definition) is 1. The lowest BCUT2D eigenvalue weighted by Crippen LogP contribution is -2.25. The number of fused-ring (bicyclic) bond motifs is 1. The van der Waals surface area contributed by atoms with Gasteiger partial charge >= 0.3 is 0 Å². The van der Waals surface area contributed by atoms with Crippen molar-refractivity contribution in [3.05, 3.63) is 64.6 Å². The molecule has 6 nitrogen and oxygen atoms in total. The summed E-state index contributed by atoms with van der Waals surface area (Å²) in [5.74, 6) is 0.941. The van der Waals surface area contributed by atoms with Crippen molar-refractivity contribution in [2.45, 2.75) is 19.3 Å². The Morgan fingerprint density at radius 3 is 2.62 bits per heavy atom. The molecule has 1 aliphatic rings. The number of amides is 1. The number of carbonyl (C=O) groups excluding carboxylic acids is 1. The Labute approximate surface area is 143 Å². The van der Waals surface area contributed by atoms with E-state index in [4.69, 9.17) is 11.6 Å². The Hall–Kier alpha value is -2.73. The fraction of sp³-hybridized carbons (Fsp3) is 0.176. The minimum atomic E-state index is -0.0662. The highest BCUT2D eigenvalue weighted by Crippen LogP contribution is 2.39. The van der Waals surface area contributed by atoms with E-state index in [1.807, 2.05) is 31.2 Å². The zero-order valence-corrected chi connectivity index (χ0v) is 13.7. The molecule has 7 heteroatoms. The normalized spacial score (nSPS) is 16.6. The topological polar surface area (TPSA) is 72.7 Å². The van der Waals surface area contributed by atoms with Gasteiger partial charge in [0.2, 0.25) is 5.91 Å². The van der Waals surface area contributed by atoms with E-state index in [-0.39, 0.29) is 11.8 Å². The van der Waals surface area contributed by atoms with Crippen molar-refractivity contribution in [2.24, 2.45) is 0 Å². The molecule has 4 rings (SSSR count). The summed E-state index contributed by atoms with van der Waals surface area (Å²) in [6.45, 7) is 1.93. The summed E-state index contributed by atoms with van der Waals surface area (Å²) in [5, 5.41) is 8.13. The molecular formula is C17H14ClN5O. The fourth-order valence-corrected chi connectivity index (χ4v) is 3.20. The molecular weight excluding hydrogens is 326 g/mol. The number of aryl methyl sites for hydroxylation is 1. The maximum absolute atomic E-state index is 12.3. The second kappa shape index (κ2) is 5.72. The number of rotatable bonds is 2. The second-order valence-corrected chi connectivity index (χ2v) is 6.10. The lowest BCUT2D eigenvalue weighted by atomic mass is 9.86. The number of aromatic nitrogens is 4. The number of carbonyl (C=O) groups is 1. The summed E-state index contributed by atoms with van der Waals surface area (Å²) in [6.07, 6.45) is 3.66. The summed E-state index contributed by atoms with van der Waals surface area (Å²) in [5.41, 5.74) is 2.87. The second-order valence-electron chi connectivity index (χ2n) is 5.66. The van der Waals surface area contributed by atoms with Gasteiger partial charge in [0.25, 0.3) is 5.95 Å². The van der Waals surface area contributed by atoms with Gasteiger partial charge in [-0.3, -0.25) is 4.79 Å². The van der Waals surface area contributed by atoms with Gasteiger partial charge in [0.1, 0.15) is 5.82 Å². The predicted octanol–water partition coefficient (Wildman–Crippen LogP) is 3.10. The first kappa shape index (κ1) is 14.8. The lowest BCUT2D eigenvalue weighted by molar-refractivity contribution is -0.116. The highest BCUT2D eigenvalue weighted by atomic mass is 35.5. The van der Waals surface area contributed by atoms with Crippen molar-refractivity contribution in [1.82, 2.24) is 19.7 Å². The Morgan fingerprint density at radius 2 is 1.92 bits per heavy atom. The van der Waals surface area contributed by atoms with Crippen LogP contribution in [-0.2, 0) is 4.79 Å². The van der Waals surface area contributed by atoms with Crippen LogP contribution in [0.3, 0.4) is 0 Å². The molecule has 1 aliphatic heterocycles. The molecule has 0 fully saturated rings. The first-order chi connectivity index (χ1) is 11.6. The minimum Gasteiger partial charge on any atom is -0.310 e. The molecule has 2 aromatic heterocycles. The van der Waals surface area contributed by atoms with E-state index in [9.17, 15) is 4.79 Å². The minimum absolute atomic E-state index is 0.0560. The van der Waals surface area contributed by atoms with Gasteiger partial charge in [0.05, 0.1) is 5.69 Å². The van der Waals surface area contributed by atoms with Crippen LogP contribution < -0.4 is 5.32 Å². The SMILES string of the molecule is Cc1nn(-c2ncccn2)c2c1[C@H](c1ccc(Cl)cc1)CC(=O)N2. The number of benzene rings is 1. The summed E-state index contributed by atoms with van der Waals surface area (Å²) in [7, 11) is 0. The fourth-order valence-electron chi connectivity index (χ4n) is 3.07. The van der Waals surface area contributed by atoms with Crippen LogP contribution in [0.25, 0.3) is 5.95 Å². The molecule has 0 saturated heterocycles. The lowest BCUT2D eigenvalue weighted by Gasteiger charge is -2.24. The molecule has 0 spiro atoms. The molecule has 3 heterocycles. The number of nitrogens with one attached hydrogen (secondary N) is 1. The zero-order chi connectivity index (χ0) is 16.7. The van der Waals surface area contributed by atoms with Crippen LogP contribution in [-0.4, -0.2) is 25.7 Å². The zero-order valence-electron chi connectivity index (χ0n) is 12.9. The highest BCUT2D eigenvalue weighted by molar-refractivity contribution is 6.30. The van der Waals surface area contributed by atoms with Gasteiger partial charge in [-0.2, -0.15) is 9.78 Å². The smallest absolute Gasteiger partial charge is 0.252 e. The Morgan fingerprint density at radius 1 is 1.21 bits per heavy atom. The summed E-state index contributed by atoms with van der Waals surface area (Å²) >= 11 is 5.98. The number of halogens is 1. The molecule has 120 valence electrons. The van der Waals surface area contributed by atoms with Crippen LogP contribution >= 0.6 is 11.6 Å². The van der Waals surface area contributed by atoms with Crippen molar-refractivity contribution >= 4 is 23.3 Å². The average molecular weight is 340 g/mol. The average Bonchev–Trinajstić information content (AvgIpc) is 2.92. The van der Waals surface area contributed by atoms with Crippen LogP contribution in [0.15, 0.2) is 42.7 Å². The third kappa shape index (κ3) is 2.45. The Balaban J connectivity index is 1.87. The van der Waals surface area contributed by atoms with E-state index in [0.29, 0.717) is 23.2 Å². The molecule has 0 aliphatic carbocycles. The third-order valence-electron chi connectivity index (χ3n) is 4.12. The van der Waals surface area contributed by atoms with Crippen molar-refractivity contribution in [3.63, 3.8) is 0 Å². The summed E-state index contributed by atoms with van der Waals surface area (Å²) in [4.78, 5) is 20.7. The van der Waals surface area contributed by atoms with Crippen molar-refractivity contribution < 1.29 is 4.79 Å². The molecule has 0 saturated carbocycles. The van der Waals surface area contributed by atoms with Gasteiger partial charge < -0.3 is 5.32 Å². The number of anilines is 1. The standard InChI is InChI=1S/C17H14ClN5O/c1-10-15-13(11-3-5-12(18)6-4-11)9-14(24)21-16(15)23(22-10)17-19-7-2-8-20-17/h2-8,13H,9H2,1H3,(H,21,24)/t13-/m0/s1. The van der Waals surface area contributed by atoms with Gasteiger partial charge in [-0.15, -0.1) is 0 Å². The van der Waals surface area contributed by atoms with E-state index >= 15 is 0 Å². The number of hydrogen-bond acceptors (Lipinski definition) is 4. The molecule has 1 N–H and O–H groups in total. The van der Waals surface area contributed by atoms with Crippen molar-refractivity contribution in [3.8, 4) is 5.95 Å². The monoisotopic (exact) mass is 339 g/mol. The summed E-state index contributed by atoms with van der Waals surface area (Å²) in [6, 6.07) is 9.31. The van der Waals surface area contributed by atoms with Gasteiger partial charge in [-0.05, 0) is 30.7 Å². The molecule has 1 amide bonds. The van der Waals surface area contributed by atoms with Crippen LogP contribution in [0.1, 0.15) is 29.2 Å². The van der Waals surface area contributed by atoms with Gasteiger partial charge in [-0.1, -0.05) is 23.7 Å². The molecule has 0 bridgehead atoms. The van der Waals surface area contributed by atoms with E-state index in [0.717, 1.165) is 16.8 Å². The first-order valence-electron chi connectivity index (χ1n) is 7.55. The first-order valence-corrected chi connectivity index (χ1v) is 7.93. The quantitative estimate of drug-likeness (QED) is 0.778. The van der Waals surface area contributed by atoms with Gasteiger partial charge in [0, 0.05) is 35.3 Å². The van der Waals surface area contributed by atoms with Crippen LogP contribution in [0.2, 0.25) is 5.02 Å². The maximum Gasteiger partial charge on any atom is 0.252 e. The molecule has 1 atom stereocenters. The van der Waals surface area contributed by atoms with E-state index in [1.165, 1.54) is 0 Å². The molecule has 1 aromatic carbocycles. The molecule has 24 heavy (non-hydrogen) atoms. The van der Waals surface area contributed by atoms with Gasteiger partial charge in [0.15, 0.2) is 0 Å². The van der Waals surface area contributed by atoms with Crippen LogP contribution in [0, 0.1) is 6.92 Å². The predicted molar refractivity (Wildman–Crippen MR) is 90.4 cm³/mol. The van der Waals surface area contributed by atoms with Crippen molar-refractivity contribution in [2.75, 3.05) is 5.32 Å². The molecule has 3 aromatic rings. The molecule has 0 radical (unpaired) electrons. The van der Waals surface area contributed by atoms with Crippen LogP contribution in [0.5, 0.6) is 0 Å². The largest absolute Gasteiger partial charge is 0.310 e. The Bertz CT molecular complexity index is 905. The summed E-state index contributed by atoms with van der Waals surface area (Å²) < 4.78 is 1.59. The van der Waals surface area contributed by atoms with Gasteiger partial charge in [-0.25, -0.2) is 9.97 Å². The Kier molecular flexibility index (Phi) is 3.54. The van der Waals surface area contributed by atoms with E-state index in [1.54, 1.807) is 23.1 Å². The van der Waals surface area contributed by atoms with Crippen molar-refractivity contribution in [1.29, 1.82) is 0 Å². The van der Waals surface area contributed by atoms with Crippen LogP contribution in [0.4, 0.5) is 5.82 Å².